The SMILES string of the molecule is CO[C@H]1CCC[C@@H](C(=O)N2CCN(Cc3c(-c4ccc(F)cc4)nc4ccc(-c5ccc(C(C)=O)cc5)cn34)CC2)C1. The summed E-state index contributed by atoms with van der Waals surface area (Å²) in [5.41, 5.74) is 6.23. The second-order valence-corrected chi connectivity index (χ2v) is 11.5. The van der Waals surface area contributed by atoms with Crippen molar-refractivity contribution >= 4 is 17.3 Å². The third-order valence-electron chi connectivity index (χ3n) is 8.83. The number of ether oxygens (including phenoxy) is 1. The van der Waals surface area contributed by atoms with Crippen molar-refractivity contribution < 1.29 is 18.7 Å². The molecule has 0 bridgehead atoms. The van der Waals surface area contributed by atoms with Crippen LogP contribution in [0.2, 0.25) is 0 Å². The molecule has 0 spiro atoms. The van der Waals surface area contributed by atoms with Crippen LogP contribution in [-0.2, 0) is 16.1 Å². The van der Waals surface area contributed by atoms with E-state index in [0.717, 1.165) is 72.5 Å². The number of amides is 1. The fourth-order valence-corrected chi connectivity index (χ4v) is 6.33. The molecule has 2 aromatic heterocycles. The predicted octanol–water partition coefficient (Wildman–Crippen LogP) is 5.86. The van der Waals surface area contributed by atoms with Gasteiger partial charge in [-0.3, -0.25) is 14.5 Å². The van der Waals surface area contributed by atoms with Gasteiger partial charge in [-0.1, -0.05) is 30.7 Å². The Balaban J connectivity index is 1.25. The minimum Gasteiger partial charge on any atom is -0.381 e. The molecule has 42 heavy (non-hydrogen) atoms. The van der Waals surface area contributed by atoms with Gasteiger partial charge in [-0.25, -0.2) is 9.37 Å². The highest BCUT2D eigenvalue weighted by molar-refractivity contribution is 5.94. The highest BCUT2D eigenvalue weighted by Gasteiger charge is 2.32. The molecule has 4 aromatic rings. The van der Waals surface area contributed by atoms with Crippen LogP contribution in [0.15, 0.2) is 66.9 Å². The Labute approximate surface area is 245 Å². The molecule has 3 heterocycles. The zero-order valence-corrected chi connectivity index (χ0v) is 24.3. The van der Waals surface area contributed by atoms with E-state index < -0.39 is 0 Å². The van der Waals surface area contributed by atoms with E-state index in [9.17, 15) is 14.0 Å². The second-order valence-electron chi connectivity index (χ2n) is 11.5. The highest BCUT2D eigenvalue weighted by atomic mass is 19.1. The molecule has 1 amide bonds. The van der Waals surface area contributed by atoms with E-state index in [1.165, 1.54) is 12.1 Å². The number of fused-ring (bicyclic) bond motifs is 1. The van der Waals surface area contributed by atoms with Crippen molar-refractivity contribution in [1.82, 2.24) is 19.2 Å². The third kappa shape index (κ3) is 5.87. The lowest BCUT2D eigenvalue weighted by Crippen LogP contribution is -2.50. The van der Waals surface area contributed by atoms with Gasteiger partial charge in [-0.15, -0.1) is 0 Å². The molecule has 0 N–H and O–H groups in total. The maximum atomic E-state index is 13.8. The molecule has 1 aliphatic carbocycles. The zero-order chi connectivity index (χ0) is 29.2. The van der Waals surface area contributed by atoms with Crippen molar-refractivity contribution in [3.8, 4) is 22.4 Å². The van der Waals surface area contributed by atoms with Crippen molar-refractivity contribution in [3.63, 3.8) is 0 Å². The average Bonchev–Trinajstić information content (AvgIpc) is 3.38. The molecule has 2 aromatic carbocycles. The van der Waals surface area contributed by atoms with Gasteiger partial charge in [0.25, 0.3) is 0 Å². The van der Waals surface area contributed by atoms with E-state index >= 15 is 0 Å². The smallest absolute Gasteiger partial charge is 0.225 e. The number of hydrogen-bond donors (Lipinski definition) is 0. The maximum Gasteiger partial charge on any atom is 0.225 e. The lowest BCUT2D eigenvalue weighted by atomic mass is 9.86. The lowest BCUT2D eigenvalue weighted by Gasteiger charge is -2.38. The van der Waals surface area contributed by atoms with Crippen molar-refractivity contribution in [2.45, 2.75) is 45.3 Å². The number of benzene rings is 2. The molecule has 1 aliphatic heterocycles. The third-order valence-corrected chi connectivity index (χ3v) is 8.83. The molecule has 2 atom stereocenters. The first-order chi connectivity index (χ1) is 20.4. The molecule has 0 unspecified atom stereocenters. The number of carbonyl (C=O) groups excluding carboxylic acids is 2. The Hall–Kier alpha value is -3.88. The Morgan fingerprint density at radius 1 is 0.905 bits per heavy atom. The van der Waals surface area contributed by atoms with Crippen molar-refractivity contribution in [1.29, 1.82) is 0 Å². The van der Waals surface area contributed by atoms with Crippen LogP contribution in [0, 0.1) is 11.7 Å². The fraction of sp³-hybridized carbons (Fsp3) is 0.382. The standard InChI is InChI=1S/C34H37FN4O3/c1-23(40)24-6-8-25(9-7-24)28-12-15-32-36-33(26-10-13-29(35)14-11-26)31(39(32)21-28)22-37-16-18-38(19-17-37)34(41)27-4-3-5-30(20-27)42-2/h6-15,21,27,30H,3-5,16-20,22H2,1-2H3/t27-,30+/m1/s1. The first-order valence-electron chi connectivity index (χ1n) is 14.8. The quantitative estimate of drug-likeness (QED) is 0.261. The van der Waals surface area contributed by atoms with Crippen LogP contribution >= 0.6 is 0 Å². The molecule has 6 rings (SSSR count). The summed E-state index contributed by atoms with van der Waals surface area (Å²) in [5, 5.41) is 0. The van der Waals surface area contributed by atoms with Crippen molar-refractivity contribution in [3.05, 3.63) is 83.9 Å². The summed E-state index contributed by atoms with van der Waals surface area (Å²) in [5.74, 6) is 0.0779. The summed E-state index contributed by atoms with van der Waals surface area (Å²) in [7, 11) is 1.74. The minimum atomic E-state index is -0.282. The van der Waals surface area contributed by atoms with Crippen LogP contribution in [0.3, 0.4) is 0 Å². The van der Waals surface area contributed by atoms with Gasteiger partial charge in [0.1, 0.15) is 11.5 Å². The summed E-state index contributed by atoms with van der Waals surface area (Å²) in [6, 6.07) is 18.1. The maximum absolute atomic E-state index is 13.8. The van der Waals surface area contributed by atoms with Crippen molar-refractivity contribution in [2.24, 2.45) is 5.92 Å². The zero-order valence-electron chi connectivity index (χ0n) is 24.3. The van der Waals surface area contributed by atoms with Gasteiger partial charge in [0, 0.05) is 63.1 Å². The number of pyridine rings is 1. The molecule has 8 heteroatoms. The summed E-state index contributed by atoms with van der Waals surface area (Å²) >= 11 is 0. The first-order valence-corrected chi connectivity index (χ1v) is 14.8. The van der Waals surface area contributed by atoms with Crippen LogP contribution in [0.5, 0.6) is 0 Å². The van der Waals surface area contributed by atoms with Gasteiger partial charge >= 0.3 is 0 Å². The topological polar surface area (TPSA) is 67.2 Å². The number of nitrogens with zero attached hydrogens (tertiary/aromatic N) is 4. The number of piperazine rings is 1. The van der Waals surface area contributed by atoms with E-state index in [2.05, 4.69) is 15.5 Å². The number of Topliss-reactive ketones (excluding diaryl/α,β-unsaturated/α-hetero) is 1. The van der Waals surface area contributed by atoms with E-state index in [1.807, 2.05) is 41.3 Å². The summed E-state index contributed by atoms with van der Waals surface area (Å²) in [6.07, 6.45) is 6.11. The normalized spacial score (nSPS) is 19.7. The summed E-state index contributed by atoms with van der Waals surface area (Å²) in [6.45, 7) is 5.16. The van der Waals surface area contributed by atoms with Crippen LogP contribution in [0.4, 0.5) is 4.39 Å². The van der Waals surface area contributed by atoms with E-state index in [-0.39, 0.29) is 29.5 Å². The lowest BCUT2D eigenvalue weighted by molar-refractivity contribution is -0.140. The average molecular weight is 569 g/mol. The van der Waals surface area contributed by atoms with Crippen molar-refractivity contribution in [2.75, 3.05) is 33.3 Å². The van der Waals surface area contributed by atoms with E-state index in [1.54, 1.807) is 26.2 Å². The minimum absolute atomic E-state index is 0.0394. The van der Waals surface area contributed by atoms with Crippen LogP contribution in [0.1, 0.15) is 48.7 Å². The van der Waals surface area contributed by atoms with E-state index in [4.69, 9.17) is 9.72 Å². The number of methoxy groups -OCH3 is 1. The summed E-state index contributed by atoms with van der Waals surface area (Å²) < 4.78 is 21.5. The molecule has 1 saturated heterocycles. The Morgan fingerprint density at radius 2 is 1.60 bits per heavy atom. The second kappa shape index (κ2) is 12.2. The fourth-order valence-electron chi connectivity index (χ4n) is 6.33. The van der Waals surface area contributed by atoms with Gasteiger partial charge in [0.15, 0.2) is 5.78 Å². The molecule has 0 radical (unpaired) electrons. The molecule has 1 saturated carbocycles. The number of ketones is 1. The number of halogens is 1. The number of carbonyl (C=O) groups is 2. The summed E-state index contributed by atoms with van der Waals surface area (Å²) in [4.78, 5) is 34.4. The van der Waals surface area contributed by atoms with Gasteiger partial charge in [0.05, 0.1) is 17.5 Å². The predicted molar refractivity (Wildman–Crippen MR) is 161 cm³/mol. The number of imidazole rings is 1. The molecular formula is C34H37FN4O3. The van der Waals surface area contributed by atoms with Crippen LogP contribution in [0.25, 0.3) is 28.0 Å². The van der Waals surface area contributed by atoms with Crippen LogP contribution < -0.4 is 0 Å². The Kier molecular flexibility index (Phi) is 8.18. The number of rotatable bonds is 7. The van der Waals surface area contributed by atoms with Gasteiger partial charge in [-0.05, 0) is 73.7 Å². The molecule has 2 aliphatic rings. The largest absolute Gasteiger partial charge is 0.381 e. The monoisotopic (exact) mass is 568 g/mol. The van der Waals surface area contributed by atoms with Gasteiger partial charge < -0.3 is 14.0 Å². The Morgan fingerprint density at radius 3 is 2.29 bits per heavy atom. The molecule has 218 valence electrons. The first kappa shape index (κ1) is 28.2. The van der Waals surface area contributed by atoms with Crippen LogP contribution in [-0.4, -0.2) is 70.3 Å². The molecular weight excluding hydrogens is 531 g/mol. The van der Waals surface area contributed by atoms with E-state index in [0.29, 0.717) is 25.2 Å². The number of aromatic nitrogens is 2. The Bertz CT molecular complexity index is 1570. The van der Waals surface area contributed by atoms with Gasteiger partial charge in [-0.2, -0.15) is 0 Å². The van der Waals surface area contributed by atoms with Gasteiger partial charge in [0.2, 0.25) is 5.91 Å². The molecule has 7 nitrogen and oxygen atoms in total. The molecule has 2 fully saturated rings. The highest BCUT2D eigenvalue weighted by Crippen LogP contribution is 2.30. The number of hydrogen-bond acceptors (Lipinski definition) is 5.